The number of ether oxygens (including phenoxy) is 1. The van der Waals surface area contributed by atoms with Gasteiger partial charge in [-0.3, -0.25) is 4.79 Å². The third-order valence-corrected chi connectivity index (χ3v) is 3.84. The monoisotopic (exact) mass is 309 g/mol. The number of nitrogens with one attached hydrogen (secondary N) is 1. The first-order valence-corrected chi connectivity index (χ1v) is 7.21. The highest BCUT2D eigenvalue weighted by Crippen LogP contribution is 2.32. The number of carbonyl (C=O) groups is 2. The maximum absolute atomic E-state index is 11.6. The minimum absolute atomic E-state index is 0.111. The van der Waals surface area contributed by atoms with E-state index in [-0.39, 0.29) is 18.9 Å². The lowest BCUT2D eigenvalue weighted by Crippen LogP contribution is -2.43. The summed E-state index contributed by atoms with van der Waals surface area (Å²) in [6, 6.07) is 6.75. The Bertz CT molecular complexity index is 557. The molecular formula is C14H15NO5S. The number of furan rings is 1. The molecule has 2 N–H and O–H groups in total. The smallest absolute Gasteiger partial charge is 0.396 e. The highest BCUT2D eigenvalue weighted by atomic mass is 32.1. The Balaban J connectivity index is 2.15. The summed E-state index contributed by atoms with van der Waals surface area (Å²) in [5, 5.41) is 15.0. The minimum Gasteiger partial charge on any atom is -0.466 e. The first-order chi connectivity index (χ1) is 10.1. The molecule has 0 saturated heterocycles. The van der Waals surface area contributed by atoms with E-state index in [0.717, 1.165) is 0 Å². The molecule has 0 bridgehead atoms. The highest BCUT2D eigenvalue weighted by Gasteiger charge is 2.36. The zero-order chi connectivity index (χ0) is 15.3. The van der Waals surface area contributed by atoms with Gasteiger partial charge < -0.3 is 19.6 Å². The number of amides is 1. The van der Waals surface area contributed by atoms with Gasteiger partial charge in [-0.1, -0.05) is 6.07 Å². The summed E-state index contributed by atoms with van der Waals surface area (Å²) in [6.45, 7) is 1.52. The van der Waals surface area contributed by atoms with Gasteiger partial charge in [0.05, 0.1) is 19.4 Å². The first kappa shape index (κ1) is 15.3. The predicted octanol–water partition coefficient (Wildman–Crippen LogP) is 1.26. The van der Waals surface area contributed by atoms with E-state index < -0.39 is 17.5 Å². The van der Waals surface area contributed by atoms with E-state index in [0.29, 0.717) is 4.88 Å². The van der Waals surface area contributed by atoms with Gasteiger partial charge in [-0.05, 0) is 30.5 Å². The molecule has 0 saturated carbocycles. The molecule has 0 aliphatic heterocycles. The number of hydrogen-bond donors (Lipinski definition) is 2. The van der Waals surface area contributed by atoms with E-state index in [1.807, 2.05) is 0 Å². The van der Waals surface area contributed by atoms with Gasteiger partial charge in [0.1, 0.15) is 5.76 Å². The van der Waals surface area contributed by atoms with Crippen molar-refractivity contribution in [2.24, 2.45) is 0 Å². The van der Waals surface area contributed by atoms with Crippen molar-refractivity contribution >= 4 is 23.2 Å². The average molecular weight is 309 g/mol. The van der Waals surface area contributed by atoms with E-state index in [1.54, 1.807) is 36.6 Å². The van der Waals surface area contributed by atoms with Crippen LogP contribution in [0.15, 0.2) is 40.3 Å². The molecule has 0 radical (unpaired) electrons. The molecule has 0 fully saturated rings. The zero-order valence-electron chi connectivity index (χ0n) is 11.4. The van der Waals surface area contributed by atoms with Crippen molar-refractivity contribution in [3.63, 3.8) is 0 Å². The van der Waals surface area contributed by atoms with Crippen LogP contribution in [-0.4, -0.2) is 30.1 Å². The van der Waals surface area contributed by atoms with E-state index in [9.17, 15) is 14.7 Å². The lowest BCUT2D eigenvalue weighted by Gasteiger charge is -2.24. The Labute approximate surface area is 125 Å². The standard InChI is InChI=1S/C14H15NO5S/c1-2-19-13(17)12(16)15-9-14(18,10-5-3-7-20-10)11-6-4-8-21-11/h3-8,18H,2,9H2,1H3,(H,15,16). The van der Waals surface area contributed by atoms with Crippen LogP contribution in [0.5, 0.6) is 0 Å². The molecule has 0 aromatic carbocycles. The Hall–Kier alpha value is -2.12. The van der Waals surface area contributed by atoms with Gasteiger partial charge in [-0.2, -0.15) is 0 Å². The van der Waals surface area contributed by atoms with Crippen LogP contribution >= 0.6 is 11.3 Å². The second-order valence-corrected chi connectivity index (χ2v) is 5.17. The Kier molecular flexibility index (Phi) is 4.77. The molecule has 2 heterocycles. The minimum atomic E-state index is -1.53. The van der Waals surface area contributed by atoms with Crippen molar-refractivity contribution in [1.29, 1.82) is 0 Å². The molecule has 0 spiro atoms. The number of rotatable bonds is 5. The average Bonchev–Trinajstić information content (AvgIpc) is 3.16. The summed E-state index contributed by atoms with van der Waals surface area (Å²) in [7, 11) is 0. The molecule has 2 rings (SSSR count). The van der Waals surface area contributed by atoms with Gasteiger partial charge in [-0.25, -0.2) is 4.79 Å². The summed E-state index contributed by atoms with van der Waals surface area (Å²) >= 11 is 1.32. The largest absolute Gasteiger partial charge is 0.466 e. The van der Waals surface area contributed by atoms with Gasteiger partial charge in [0.2, 0.25) is 0 Å². The summed E-state index contributed by atoms with van der Waals surface area (Å²) in [5.41, 5.74) is -1.53. The Morgan fingerprint density at radius 3 is 2.81 bits per heavy atom. The maximum atomic E-state index is 11.6. The van der Waals surface area contributed by atoms with E-state index >= 15 is 0 Å². The van der Waals surface area contributed by atoms with Crippen molar-refractivity contribution in [3.05, 3.63) is 46.5 Å². The summed E-state index contributed by atoms with van der Waals surface area (Å²) in [4.78, 5) is 23.5. The second-order valence-electron chi connectivity index (χ2n) is 4.22. The quantitative estimate of drug-likeness (QED) is 0.641. The molecular weight excluding hydrogens is 294 g/mol. The van der Waals surface area contributed by atoms with Gasteiger partial charge in [0.25, 0.3) is 0 Å². The fourth-order valence-electron chi connectivity index (χ4n) is 1.80. The Morgan fingerprint density at radius 2 is 2.24 bits per heavy atom. The first-order valence-electron chi connectivity index (χ1n) is 6.33. The normalized spacial score (nSPS) is 13.4. The van der Waals surface area contributed by atoms with Crippen molar-refractivity contribution in [2.45, 2.75) is 12.5 Å². The molecule has 1 atom stereocenters. The van der Waals surface area contributed by atoms with Crippen LogP contribution in [0, 0.1) is 0 Å². The molecule has 0 aliphatic carbocycles. The highest BCUT2D eigenvalue weighted by molar-refractivity contribution is 7.10. The maximum Gasteiger partial charge on any atom is 0.396 e. The number of thiophene rings is 1. The van der Waals surface area contributed by atoms with Gasteiger partial charge in [-0.15, -0.1) is 11.3 Å². The van der Waals surface area contributed by atoms with Crippen LogP contribution in [0.4, 0.5) is 0 Å². The van der Waals surface area contributed by atoms with Crippen LogP contribution in [0.2, 0.25) is 0 Å². The molecule has 7 heteroatoms. The molecule has 1 amide bonds. The third-order valence-electron chi connectivity index (χ3n) is 2.82. The molecule has 112 valence electrons. The van der Waals surface area contributed by atoms with Crippen LogP contribution in [0.25, 0.3) is 0 Å². The molecule has 21 heavy (non-hydrogen) atoms. The Morgan fingerprint density at radius 1 is 1.43 bits per heavy atom. The van der Waals surface area contributed by atoms with E-state index in [2.05, 4.69) is 10.1 Å². The van der Waals surface area contributed by atoms with Gasteiger partial charge >= 0.3 is 11.9 Å². The molecule has 0 aliphatic rings. The second kappa shape index (κ2) is 6.55. The van der Waals surface area contributed by atoms with Crippen LogP contribution in [0.3, 0.4) is 0 Å². The van der Waals surface area contributed by atoms with Gasteiger partial charge in [0.15, 0.2) is 5.60 Å². The predicted molar refractivity (Wildman–Crippen MR) is 75.7 cm³/mol. The third kappa shape index (κ3) is 3.32. The number of carbonyl (C=O) groups excluding carboxylic acids is 2. The molecule has 2 aromatic rings. The van der Waals surface area contributed by atoms with Gasteiger partial charge in [0, 0.05) is 4.88 Å². The summed E-state index contributed by atoms with van der Waals surface area (Å²) in [6.07, 6.45) is 1.43. The fraction of sp³-hybridized carbons (Fsp3) is 0.286. The van der Waals surface area contributed by atoms with Crippen molar-refractivity contribution in [2.75, 3.05) is 13.2 Å². The molecule has 1 unspecified atom stereocenters. The summed E-state index contributed by atoms with van der Waals surface area (Å²) < 4.78 is 9.85. The number of aliphatic hydroxyl groups is 1. The van der Waals surface area contributed by atoms with E-state index in [1.165, 1.54) is 17.6 Å². The lowest BCUT2D eigenvalue weighted by atomic mass is 9.98. The van der Waals surface area contributed by atoms with E-state index in [4.69, 9.17) is 4.42 Å². The van der Waals surface area contributed by atoms with Crippen molar-refractivity contribution < 1.29 is 23.8 Å². The zero-order valence-corrected chi connectivity index (χ0v) is 12.2. The van der Waals surface area contributed by atoms with Crippen molar-refractivity contribution in [3.8, 4) is 0 Å². The van der Waals surface area contributed by atoms with Crippen LogP contribution < -0.4 is 5.32 Å². The SMILES string of the molecule is CCOC(=O)C(=O)NCC(O)(c1ccco1)c1cccs1. The van der Waals surface area contributed by atoms with Crippen LogP contribution in [-0.2, 0) is 19.9 Å². The lowest BCUT2D eigenvalue weighted by molar-refractivity contribution is -0.154. The molecule has 6 nitrogen and oxygen atoms in total. The topological polar surface area (TPSA) is 88.8 Å². The van der Waals surface area contributed by atoms with Crippen LogP contribution in [0.1, 0.15) is 17.6 Å². The number of hydrogen-bond acceptors (Lipinski definition) is 6. The summed E-state index contributed by atoms with van der Waals surface area (Å²) in [5.74, 6) is -1.60. The fourth-order valence-corrected chi connectivity index (χ4v) is 2.63. The molecule has 2 aromatic heterocycles. The van der Waals surface area contributed by atoms with Crippen molar-refractivity contribution in [1.82, 2.24) is 5.32 Å². The number of esters is 1.